The average molecular weight is 465 g/mol. The standard InChI is InChI=1S/C28H28N6O/c1-19(2)34-27-25(16-30-34)24(14-26(31-27)23-13-9-8-10-20(23)3)28(35)32(4)17-21-15-29-33(18-21)22-11-6-5-7-12-22/h5-16,18-19H,17H2,1-4H3. The minimum Gasteiger partial charge on any atom is -0.337 e. The van der Waals surface area contributed by atoms with Gasteiger partial charge in [-0.1, -0.05) is 42.5 Å². The van der Waals surface area contributed by atoms with Gasteiger partial charge < -0.3 is 4.90 Å². The van der Waals surface area contributed by atoms with Gasteiger partial charge in [0, 0.05) is 37.0 Å². The second-order valence-corrected chi connectivity index (χ2v) is 9.08. The van der Waals surface area contributed by atoms with Crippen molar-refractivity contribution in [2.24, 2.45) is 0 Å². The van der Waals surface area contributed by atoms with Gasteiger partial charge in [-0.15, -0.1) is 0 Å². The van der Waals surface area contributed by atoms with Crippen LogP contribution in [-0.4, -0.2) is 42.4 Å². The van der Waals surface area contributed by atoms with E-state index in [1.807, 2.05) is 77.2 Å². The molecule has 0 fully saturated rings. The highest BCUT2D eigenvalue weighted by Gasteiger charge is 2.22. The van der Waals surface area contributed by atoms with E-state index in [1.165, 1.54) is 0 Å². The van der Waals surface area contributed by atoms with Gasteiger partial charge in [0.1, 0.15) is 0 Å². The molecule has 0 bridgehead atoms. The molecular weight excluding hydrogens is 436 g/mol. The van der Waals surface area contributed by atoms with Crippen molar-refractivity contribution in [1.29, 1.82) is 0 Å². The average Bonchev–Trinajstić information content (AvgIpc) is 3.51. The van der Waals surface area contributed by atoms with Gasteiger partial charge in [0.2, 0.25) is 0 Å². The van der Waals surface area contributed by atoms with E-state index in [-0.39, 0.29) is 11.9 Å². The molecular formula is C28H28N6O. The van der Waals surface area contributed by atoms with Crippen LogP contribution in [0.25, 0.3) is 28.0 Å². The molecule has 0 atom stereocenters. The number of para-hydroxylation sites is 1. The van der Waals surface area contributed by atoms with Crippen molar-refractivity contribution in [1.82, 2.24) is 29.4 Å². The van der Waals surface area contributed by atoms with Gasteiger partial charge >= 0.3 is 0 Å². The first-order valence-corrected chi connectivity index (χ1v) is 11.7. The molecule has 5 rings (SSSR count). The van der Waals surface area contributed by atoms with E-state index in [0.717, 1.165) is 39.1 Å². The number of rotatable bonds is 6. The van der Waals surface area contributed by atoms with Gasteiger partial charge in [-0.2, -0.15) is 10.2 Å². The zero-order chi connectivity index (χ0) is 24.5. The molecule has 2 aromatic carbocycles. The Bertz CT molecular complexity index is 1500. The number of aromatic nitrogens is 5. The summed E-state index contributed by atoms with van der Waals surface area (Å²) >= 11 is 0. The van der Waals surface area contributed by atoms with Gasteiger partial charge in [0.15, 0.2) is 5.65 Å². The molecule has 3 aromatic heterocycles. The molecule has 0 radical (unpaired) electrons. The van der Waals surface area contributed by atoms with Crippen molar-refractivity contribution in [2.75, 3.05) is 7.05 Å². The van der Waals surface area contributed by atoms with Crippen LogP contribution in [0.2, 0.25) is 0 Å². The molecule has 0 aliphatic heterocycles. The number of hydrogen-bond donors (Lipinski definition) is 0. The number of hydrogen-bond acceptors (Lipinski definition) is 4. The summed E-state index contributed by atoms with van der Waals surface area (Å²) in [4.78, 5) is 20.4. The molecule has 0 aliphatic carbocycles. The van der Waals surface area contributed by atoms with E-state index in [4.69, 9.17) is 4.98 Å². The second-order valence-electron chi connectivity index (χ2n) is 9.08. The first-order valence-electron chi connectivity index (χ1n) is 11.7. The number of aryl methyl sites for hydroxylation is 1. The fourth-order valence-electron chi connectivity index (χ4n) is 4.29. The Kier molecular flexibility index (Phi) is 5.91. The first kappa shape index (κ1) is 22.5. The van der Waals surface area contributed by atoms with Crippen LogP contribution >= 0.6 is 0 Å². The number of fused-ring (bicyclic) bond motifs is 1. The third kappa shape index (κ3) is 4.33. The van der Waals surface area contributed by atoms with Crippen LogP contribution in [-0.2, 0) is 6.54 Å². The number of carbonyl (C=O) groups excluding carboxylic acids is 1. The molecule has 0 saturated carbocycles. The lowest BCUT2D eigenvalue weighted by atomic mass is 10.0. The van der Waals surface area contributed by atoms with Crippen LogP contribution in [0.5, 0.6) is 0 Å². The van der Waals surface area contributed by atoms with Crippen molar-refractivity contribution in [3.05, 3.63) is 95.9 Å². The Labute approximate surface area is 204 Å². The maximum absolute atomic E-state index is 13.7. The molecule has 0 spiro atoms. The predicted octanol–water partition coefficient (Wildman–Crippen LogP) is 5.45. The summed E-state index contributed by atoms with van der Waals surface area (Å²) in [6, 6.07) is 20.0. The lowest BCUT2D eigenvalue weighted by molar-refractivity contribution is 0.0787. The van der Waals surface area contributed by atoms with Crippen molar-refractivity contribution in [3.63, 3.8) is 0 Å². The molecule has 0 aliphatic rings. The Balaban J connectivity index is 1.51. The highest BCUT2D eigenvalue weighted by Crippen LogP contribution is 2.29. The summed E-state index contributed by atoms with van der Waals surface area (Å²) in [6.45, 7) is 6.62. The summed E-state index contributed by atoms with van der Waals surface area (Å²) in [6.07, 6.45) is 5.50. The number of nitrogens with zero attached hydrogens (tertiary/aromatic N) is 6. The molecule has 0 unspecified atom stereocenters. The van der Waals surface area contributed by atoms with Gasteiger partial charge in [-0.25, -0.2) is 14.3 Å². The van der Waals surface area contributed by atoms with E-state index >= 15 is 0 Å². The first-order chi connectivity index (χ1) is 16.9. The molecule has 3 heterocycles. The topological polar surface area (TPSA) is 68.8 Å². The van der Waals surface area contributed by atoms with E-state index in [2.05, 4.69) is 37.0 Å². The Hall–Kier alpha value is -4.26. The molecule has 7 nitrogen and oxygen atoms in total. The SMILES string of the molecule is Cc1ccccc1-c1cc(C(=O)N(C)Cc2cnn(-c3ccccc3)c2)c2cnn(C(C)C)c2n1. The molecule has 1 amide bonds. The molecule has 7 heteroatoms. The molecule has 176 valence electrons. The van der Waals surface area contributed by atoms with E-state index in [1.54, 1.807) is 17.3 Å². The zero-order valence-electron chi connectivity index (χ0n) is 20.4. The number of pyridine rings is 1. The molecule has 0 N–H and O–H groups in total. The summed E-state index contributed by atoms with van der Waals surface area (Å²) in [7, 11) is 1.81. The summed E-state index contributed by atoms with van der Waals surface area (Å²) < 4.78 is 3.69. The summed E-state index contributed by atoms with van der Waals surface area (Å²) in [5.74, 6) is -0.0806. The van der Waals surface area contributed by atoms with E-state index in [0.29, 0.717) is 12.1 Å². The van der Waals surface area contributed by atoms with Gasteiger partial charge in [-0.3, -0.25) is 4.79 Å². The van der Waals surface area contributed by atoms with Crippen LogP contribution < -0.4 is 0 Å². The predicted molar refractivity (Wildman–Crippen MR) is 137 cm³/mol. The second kappa shape index (κ2) is 9.18. The summed E-state index contributed by atoms with van der Waals surface area (Å²) in [5, 5.41) is 9.77. The van der Waals surface area contributed by atoms with Crippen molar-refractivity contribution >= 4 is 16.9 Å². The summed E-state index contributed by atoms with van der Waals surface area (Å²) in [5.41, 5.74) is 6.13. The van der Waals surface area contributed by atoms with E-state index < -0.39 is 0 Å². The van der Waals surface area contributed by atoms with Gasteiger partial charge in [0.05, 0.1) is 34.7 Å². The smallest absolute Gasteiger partial charge is 0.254 e. The maximum Gasteiger partial charge on any atom is 0.254 e. The fourth-order valence-corrected chi connectivity index (χ4v) is 4.29. The highest BCUT2D eigenvalue weighted by molar-refractivity contribution is 6.06. The number of carbonyl (C=O) groups is 1. The quantitative estimate of drug-likeness (QED) is 0.335. The third-order valence-electron chi connectivity index (χ3n) is 6.13. The zero-order valence-corrected chi connectivity index (χ0v) is 20.4. The fraction of sp³-hybridized carbons (Fsp3) is 0.214. The molecule has 5 aromatic rings. The van der Waals surface area contributed by atoms with Crippen LogP contribution in [0, 0.1) is 6.92 Å². The van der Waals surface area contributed by atoms with Crippen LogP contribution in [0.3, 0.4) is 0 Å². The lowest BCUT2D eigenvalue weighted by Crippen LogP contribution is -2.26. The Morgan fingerprint density at radius 1 is 1.00 bits per heavy atom. The Morgan fingerprint density at radius 3 is 2.49 bits per heavy atom. The molecule has 35 heavy (non-hydrogen) atoms. The van der Waals surface area contributed by atoms with Crippen molar-refractivity contribution < 1.29 is 4.79 Å². The minimum absolute atomic E-state index is 0.0806. The maximum atomic E-state index is 13.7. The van der Waals surface area contributed by atoms with Gasteiger partial charge in [0.25, 0.3) is 5.91 Å². The van der Waals surface area contributed by atoms with Crippen LogP contribution in [0.1, 0.15) is 41.4 Å². The third-order valence-corrected chi connectivity index (χ3v) is 6.13. The highest BCUT2D eigenvalue weighted by atomic mass is 16.2. The van der Waals surface area contributed by atoms with Gasteiger partial charge in [-0.05, 0) is 44.5 Å². The van der Waals surface area contributed by atoms with Crippen LogP contribution in [0.15, 0.2) is 79.3 Å². The lowest BCUT2D eigenvalue weighted by Gasteiger charge is -2.18. The Morgan fingerprint density at radius 2 is 1.74 bits per heavy atom. The van der Waals surface area contributed by atoms with Crippen molar-refractivity contribution in [2.45, 2.75) is 33.4 Å². The number of amides is 1. The van der Waals surface area contributed by atoms with Crippen LogP contribution in [0.4, 0.5) is 0 Å². The minimum atomic E-state index is -0.0806. The number of benzene rings is 2. The largest absolute Gasteiger partial charge is 0.337 e. The normalized spacial score (nSPS) is 11.3. The van der Waals surface area contributed by atoms with E-state index in [9.17, 15) is 4.79 Å². The van der Waals surface area contributed by atoms with Crippen molar-refractivity contribution in [3.8, 4) is 16.9 Å². The monoisotopic (exact) mass is 464 g/mol. The molecule has 0 saturated heterocycles.